The van der Waals surface area contributed by atoms with Crippen LogP contribution in [0.1, 0.15) is 0 Å². The second-order valence-electron chi connectivity index (χ2n) is 4.13. The van der Waals surface area contributed by atoms with Gasteiger partial charge in [-0.1, -0.05) is 30.0 Å². The van der Waals surface area contributed by atoms with E-state index in [0.717, 1.165) is 16.7 Å². The van der Waals surface area contributed by atoms with Gasteiger partial charge in [0.15, 0.2) is 6.73 Å². The zero-order chi connectivity index (χ0) is 15.1. The minimum Gasteiger partial charge on any atom is -0.473 e. The maximum atomic E-state index is 11.5. The van der Waals surface area contributed by atoms with E-state index in [2.05, 4.69) is 10.6 Å². The number of carbonyl (C=O) groups is 3. The van der Waals surface area contributed by atoms with Crippen molar-refractivity contribution in [1.29, 1.82) is 0 Å². The topological polar surface area (TPSA) is 87.7 Å². The average Bonchev–Trinajstić information content (AvgIpc) is 2.80. The van der Waals surface area contributed by atoms with Gasteiger partial charge >= 0.3 is 6.03 Å². The fourth-order valence-electron chi connectivity index (χ4n) is 1.64. The number of urea groups is 1. The van der Waals surface area contributed by atoms with Crippen molar-refractivity contribution < 1.29 is 19.1 Å². The van der Waals surface area contributed by atoms with Gasteiger partial charge in [-0.3, -0.25) is 14.5 Å². The van der Waals surface area contributed by atoms with Gasteiger partial charge in [0.05, 0.1) is 5.75 Å². The predicted octanol–water partition coefficient (Wildman–Crippen LogP) is 1.02. The number of nitrogens with one attached hydrogen (secondary N) is 2. The normalized spacial score (nSPS) is 14.2. The van der Waals surface area contributed by atoms with Crippen LogP contribution in [0.25, 0.3) is 0 Å². The summed E-state index contributed by atoms with van der Waals surface area (Å²) in [6.45, 7) is 0.417. The van der Waals surface area contributed by atoms with Crippen LogP contribution >= 0.6 is 11.8 Å². The van der Waals surface area contributed by atoms with Crippen LogP contribution in [-0.4, -0.2) is 47.7 Å². The molecule has 21 heavy (non-hydrogen) atoms. The number of carbonyl (C=O) groups excluding carboxylic acids is 3. The minimum absolute atomic E-state index is 0.0350. The Morgan fingerprint density at radius 3 is 2.67 bits per heavy atom. The van der Waals surface area contributed by atoms with E-state index in [1.165, 1.54) is 0 Å². The highest BCUT2D eigenvalue weighted by molar-refractivity contribution is 8.14. The molecule has 1 aromatic carbocycles. The molecule has 4 amide bonds. The van der Waals surface area contributed by atoms with E-state index in [0.29, 0.717) is 5.75 Å². The lowest BCUT2D eigenvalue weighted by molar-refractivity contribution is -0.124. The summed E-state index contributed by atoms with van der Waals surface area (Å²) in [7, 11) is 0. The van der Waals surface area contributed by atoms with Crippen LogP contribution in [0, 0.1) is 0 Å². The molecule has 0 aliphatic carbocycles. The van der Waals surface area contributed by atoms with Crippen molar-refractivity contribution in [2.75, 3.05) is 25.6 Å². The highest BCUT2D eigenvalue weighted by Gasteiger charge is 2.29. The molecule has 0 spiro atoms. The zero-order valence-corrected chi connectivity index (χ0v) is 12.0. The maximum Gasteiger partial charge on any atom is 0.317 e. The predicted molar refractivity (Wildman–Crippen MR) is 78.0 cm³/mol. The first kappa shape index (κ1) is 15.2. The number of thioether (sulfide) groups is 1. The van der Waals surface area contributed by atoms with Crippen LogP contribution in [0.15, 0.2) is 30.3 Å². The third kappa shape index (κ3) is 4.67. The van der Waals surface area contributed by atoms with Crippen molar-refractivity contribution in [2.45, 2.75) is 0 Å². The lowest BCUT2D eigenvalue weighted by atomic mass is 10.3. The first-order valence-electron chi connectivity index (χ1n) is 6.33. The van der Waals surface area contributed by atoms with Gasteiger partial charge in [0.2, 0.25) is 5.91 Å². The summed E-state index contributed by atoms with van der Waals surface area (Å²) in [5.74, 6) is 0.610. The molecule has 112 valence electrons. The molecule has 2 N–H and O–H groups in total. The van der Waals surface area contributed by atoms with Gasteiger partial charge in [-0.15, -0.1) is 0 Å². The summed E-state index contributed by atoms with van der Waals surface area (Å²) in [6.07, 6.45) is 0. The quantitative estimate of drug-likeness (QED) is 0.766. The Kier molecular flexibility index (Phi) is 5.44. The van der Waals surface area contributed by atoms with Crippen molar-refractivity contribution >= 4 is 28.9 Å². The summed E-state index contributed by atoms with van der Waals surface area (Å²) in [6, 6.07) is 8.67. The fourth-order valence-corrected chi connectivity index (χ4v) is 2.39. The number of hydrogen-bond acceptors (Lipinski definition) is 5. The molecule has 1 aliphatic rings. The van der Waals surface area contributed by atoms with Crippen molar-refractivity contribution in [2.24, 2.45) is 0 Å². The zero-order valence-electron chi connectivity index (χ0n) is 11.2. The lowest BCUT2D eigenvalue weighted by Gasteiger charge is -2.13. The first-order chi connectivity index (χ1) is 10.2. The fraction of sp³-hybridized carbons (Fsp3) is 0.308. The van der Waals surface area contributed by atoms with Crippen LogP contribution in [0.4, 0.5) is 9.59 Å². The van der Waals surface area contributed by atoms with Crippen molar-refractivity contribution in [1.82, 2.24) is 15.5 Å². The number of rotatable bonds is 6. The Morgan fingerprint density at radius 1 is 1.24 bits per heavy atom. The number of nitrogens with zero attached hydrogens (tertiary/aromatic N) is 1. The van der Waals surface area contributed by atoms with Crippen molar-refractivity contribution in [3.63, 3.8) is 0 Å². The highest BCUT2D eigenvalue weighted by Crippen LogP contribution is 2.17. The third-order valence-corrected chi connectivity index (χ3v) is 3.53. The van der Waals surface area contributed by atoms with Gasteiger partial charge in [-0.2, -0.15) is 0 Å². The molecular weight excluding hydrogens is 294 g/mol. The van der Waals surface area contributed by atoms with E-state index in [1.807, 2.05) is 18.2 Å². The molecule has 1 fully saturated rings. The molecule has 7 nitrogen and oxygen atoms in total. The highest BCUT2D eigenvalue weighted by atomic mass is 32.2. The molecule has 0 unspecified atom stereocenters. The molecule has 0 saturated carbocycles. The Morgan fingerprint density at radius 2 is 2.00 bits per heavy atom. The Bertz CT molecular complexity index is 507. The molecule has 1 saturated heterocycles. The molecule has 0 atom stereocenters. The van der Waals surface area contributed by atoms with Gasteiger partial charge in [0.1, 0.15) is 5.75 Å². The Hall–Kier alpha value is -2.22. The number of benzene rings is 1. The number of amides is 4. The molecule has 1 heterocycles. The molecule has 8 heteroatoms. The number of hydrogen-bond donors (Lipinski definition) is 2. The van der Waals surface area contributed by atoms with Crippen LogP contribution in [0.2, 0.25) is 0 Å². The van der Waals surface area contributed by atoms with E-state index in [9.17, 15) is 14.4 Å². The van der Waals surface area contributed by atoms with Crippen LogP contribution < -0.4 is 15.4 Å². The Balaban J connectivity index is 1.59. The van der Waals surface area contributed by atoms with Crippen molar-refractivity contribution in [3.05, 3.63) is 30.3 Å². The van der Waals surface area contributed by atoms with Gasteiger partial charge in [-0.05, 0) is 12.1 Å². The molecule has 0 bridgehead atoms. The van der Waals surface area contributed by atoms with Gasteiger partial charge < -0.3 is 15.4 Å². The third-order valence-electron chi connectivity index (χ3n) is 2.68. The van der Waals surface area contributed by atoms with Gasteiger partial charge in [-0.25, -0.2) is 4.79 Å². The standard InChI is InChI=1S/C13H15N3O4S/c17-11-8-21-13(19)16(11)7-6-14-12(18)15-9-20-10-4-2-1-3-5-10/h1-5H,6-9H2,(H2,14,15,18). The molecule has 0 radical (unpaired) electrons. The van der Waals surface area contributed by atoms with E-state index < -0.39 is 6.03 Å². The molecule has 0 aromatic heterocycles. The largest absolute Gasteiger partial charge is 0.473 e. The first-order valence-corrected chi connectivity index (χ1v) is 7.32. The number of ether oxygens (including phenoxy) is 1. The SMILES string of the molecule is O=C(NCCN1C(=O)CSC1=O)NCOc1ccccc1. The maximum absolute atomic E-state index is 11.5. The minimum atomic E-state index is -0.419. The van der Waals surface area contributed by atoms with E-state index in [-0.39, 0.29) is 36.7 Å². The second kappa shape index (κ2) is 7.53. The van der Waals surface area contributed by atoms with Gasteiger partial charge in [0.25, 0.3) is 5.24 Å². The summed E-state index contributed by atoms with van der Waals surface area (Å²) >= 11 is 0.973. The molecule has 2 rings (SSSR count). The molecule has 1 aromatic rings. The second-order valence-corrected chi connectivity index (χ2v) is 5.06. The Labute approximate surface area is 126 Å². The number of imide groups is 1. The summed E-state index contributed by atoms with van der Waals surface area (Å²) < 4.78 is 5.30. The summed E-state index contributed by atoms with van der Waals surface area (Å²) in [5, 5.41) is 4.80. The van der Waals surface area contributed by atoms with Crippen LogP contribution in [-0.2, 0) is 4.79 Å². The molecule has 1 aliphatic heterocycles. The monoisotopic (exact) mass is 309 g/mol. The number of para-hydroxylation sites is 1. The molecular formula is C13H15N3O4S. The van der Waals surface area contributed by atoms with E-state index in [1.54, 1.807) is 12.1 Å². The van der Waals surface area contributed by atoms with Crippen molar-refractivity contribution in [3.8, 4) is 5.75 Å². The lowest BCUT2D eigenvalue weighted by Crippen LogP contribution is -2.42. The van der Waals surface area contributed by atoms with Crippen LogP contribution in [0.3, 0.4) is 0 Å². The van der Waals surface area contributed by atoms with Gasteiger partial charge in [0, 0.05) is 13.1 Å². The van der Waals surface area contributed by atoms with E-state index >= 15 is 0 Å². The van der Waals surface area contributed by atoms with E-state index in [4.69, 9.17) is 4.74 Å². The van der Waals surface area contributed by atoms with Crippen LogP contribution in [0.5, 0.6) is 5.75 Å². The average molecular weight is 309 g/mol. The summed E-state index contributed by atoms with van der Waals surface area (Å²) in [5.41, 5.74) is 0. The smallest absolute Gasteiger partial charge is 0.317 e. The summed E-state index contributed by atoms with van der Waals surface area (Å²) in [4.78, 5) is 35.2.